The van der Waals surface area contributed by atoms with Gasteiger partial charge in [-0.05, 0) is 25.1 Å². The Balaban J connectivity index is 1.90. The van der Waals surface area contributed by atoms with E-state index in [0.29, 0.717) is 10.7 Å². The second kappa shape index (κ2) is 6.30. The monoisotopic (exact) mass is 361 g/mol. The lowest BCUT2D eigenvalue weighted by atomic mass is 10.2. The fourth-order valence-corrected chi connectivity index (χ4v) is 3.48. The Kier molecular flexibility index (Phi) is 4.34. The van der Waals surface area contributed by atoms with Crippen LogP contribution in [0.25, 0.3) is 10.9 Å². The van der Waals surface area contributed by atoms with Crippen LogP contribution >= 0.6 is 11.6 Å². The molecule has 0 bridgehead atoms. The van der Waals surface area contributed by atoms with Crippen molar-refractivity contribution in [1.82, 2.24) is 9.40 Å². The van der Waals surface area contributed by atoms with Crippen molar-refractivity contribution < 1.29 is 8.42 Å². The molecule has 0 spiro atoms. The molecule has 24 heavy (non-hydrogen) atoms. The van der Waals surface area contributed by atoms with Gasteiger partial charge in [0.05, 0.1) is 11.1 Å². The van der Waals surface area contributed by atoms with Crippen molar-refractivity contribution in [2.45, 2.75) is 11.8 Å². The van der Waals surface area contributed by atoms with Crippen LogP contribution in [0.15, 0.2) is 58.5 Å². The first kappa shape index (κ1) is 16.5. The highest BCUT2D eigenvalue weighted by Crippen LogP contribution is 2.27. The van der Waals surface area contributed by atoms with E-state index in [1.165, 1.54) is 18.3 Å². The van der Waals surface area contributed by atoms with E-state index in [1.54, 1.807) is 12.1 Å². The number of rotatable bonds is 4. The van der Waals surface area contributed by atoms with Gasteiger partial charge in [0.15, 0.2) is 0 Å². The zero-order valence-electron chi connectivity index (χ0n) is 13.2. The molecule has 0 aliphatic heterocycles. The molecule has 0 atom stereocenters. The number of nitrogens with zero attached hydrogens (tertiary/aromatic N) is 2. The van der Waals surface area contributed by atoms with Gasteiger partial charge in [-0.15, -0.1) is 0 Å². The SMILES string of the molecule is Cc1ccc(S(=O)(=O)N/N=C/c2c(Cl)n(C)c3ccccc23)cc1. The molecule has 1 N–H and O–H groups in total. The number of para-hydroxylation sites is 1. The zero-order chi connectivity index (χ0) is 17.3. The number of hydrazone groups is 1. The molecule has 0 saturated carbocycles. The predicted molar refractivity (Wildman–Crippen MR) is 97.0 cm³/mol. The molecule has 7 heteroatoms. The third-order valence-electron chi connectivity index (χ3n) is 3.77. The number of halogens is 1. The molecule has 1 aromatic heterocycles. The lowest BCUT2D eigenvalue weighted by molar-refractivity contribution is 0.584. The number of aromatic nitrogens is 1. The molecule has 0 radical (unpaired) electrons. The second-order valence-electron chi connectivity index (χ2n) is 5.45. The van der Waals surface area contributed by atoms with Crippen LogP contribution in [-0.4, -0.2) is 19.2 Å². The highest BCUT2D eigenvalue weighted by Gasteiger charge is 2.14. The highest BCUT2D eigenvalue weighted by molar-refractivity contribution is 7.89. The van der Waals surface area contributed by atoms with Crippen molar-refractivity contribution in [3.05, 3.63) is 64.8 Å². The molecule has 1 heterocycles. The summed E-state index contributed by atoms with van der Waals surface area (Å²) in [6.07, 6.45) is 1.43. The smallest absolute Gasteiger partial charge is 0.276 e. The Morgan fingerprint density at radius 1 is 1.12 bits per heavy atom. The minimum Gasteiger partial charge on any atom is -0.334 e. The van der Waals surface area contributed by atoms with E-state index in [2.05, 4.69) is 9.93 Å². The molecule has 0 fully saturated rings. The van der Waals surface area contributed by atoms with Crippen LogP contribution in [0.2, 0.25) is 5.15 Å². The third-order valence-corrected chi connectivity index (χ3v) is 5.47. The first-order valence-corrected chi connectivity index (χ1v) is 9.11. The van der Waals surface area contributed by atoms with Crippen LogP contribution in [0.3, 0.4) is 0 Å². The van der Waals surface area contributed by atoms with E-state index in [0.717, 1.165) is 16.5 Å². The van der Waals surface area contributed by atoms with E-state index < -0.39 is 10.0 Å². The minimum atomic E-state index is -3.70. The van der Waals surface area contributed by atoms with Gasteiger partial charge in [-0.1, -0.05) is 47.5 Å². The second-order valence-corrected chi connectivity index (χ2v) is 7.47. The number of nitrogens with one attached hydrogen (secondary N) is 1. The Bertz CT molecular complexity index is 1020. The van der Waals surface area contributed by atoms with Gasteiger partial charge >= 0.3 is 0 Å². The summed E-state index contributed by atoms with van der Waals surface area (Å²) in [5.41, 5.74) is 2.60. The Morgan fingerprint density at radius 2 is 1.79 bits per heavy atom. The van der Waals surface area contributed by atoms with Gasteiger partial charge in [-0.2, -0.15) is 13.5 Å². The van der Waals surface area contributed by atoms with Crippen LogP contribution in [0.1, 0.15) is 11.1 Å². The molecular weight excluding hydrogens is 346 g/mol. The van der Waals surface area contributed by atoms with Crippen LogP contribution in [0.5, 0.6) is 0 Å². The minimum absolute atomic E-state index is 0.161. The Labute approximate surface area is 145 Å². The number of fused-ring (bicyclic) bond motifs is 1. The average Bonchev–Trinajstić information content (AvgIpc) is 2.80. The number of aryl methyl sites for hydroxylation is 2. The normalized spacial score (nSPS) is 12.1. The van der Waals surface area contributed by atoms with E-state index in [4.69, 9.17) is 11.6 Å². The van der Waals surface area contributed by atoms with Gasteiger partial charge in [-0.3, -0.25) is 0 Å². The number of sulfonamides is 1. The molecule has 3 rings (SSSR count). The van der Waals surface area contributed by atoms with Crippen LogP contribution in [0.4, 0.5) is 0 Å². The van der Waals surface area contributed by atoms with Crippen molar-refractivity contribution in [1.29, 1.82) is 0 Å². The largest absolute Gasteiger partial charge is 0.334 e. The lowest BCUT2D eigenvalue weighted by Gasteiger charge is -2.03. The van der Waals surface area contributed by atoms with Crippen molar-refractivity contribution >= 4 is 38.7 Å². The molecule has 0 saturated heterocycles. The fourth-order valence-electron chi connectivity index (χ4n) is 2.44. The molecule has 0 unspecified atom stereocenters. The molecule has 3 aromatic rings. The zero-order valence-corrected chi connectivity index (χ0v) is 14.8. The van der Waals surface area contributed by atoms with Crippen molar-refractivity contribution in [3.8, 4) is 0 Å². The van der Waals surface area contributed by atoms with E-state index in [-0.39, 0.29) is 4.90 Å². The van der Waals surface area contributed by atoms with Gasteiger partial charge < -0.3 is 4.57 Å². The van der Waals surface area contributed by atoms with Gasteiger partial charge in [0.25, 0.3) is 10.0 Å². The van der Waals surface area contributed by atoms with Crippen LogP contribution < -0.4 is 4.83 Å². The summed E-state index contributed by atoms with van der Waals surface area (Å²) in [7, 11) is -1.86. The summed E-state index contributed by atoms with van der Waals surface area (Å²) in [6.45, 7) is 1.89. The topological polar surface area (TPSA) is 63.5 Å². The number of benzene rings is 2. The fraction of sp³-hybridized carbons (Fsp3) is 0.118. The van der Waals surface area contributed by atoms with Gasteiger partial charge in [0.2, 0.25) is 0 Å². The van der Waals surface area contributed by atoms with Crippen molar-refractivity contribution in [2.24, 2.45) is 12.1 Å². The average molecular weight is 362 g/mol. The molecule has 5 nitrogen and oxygen atoms in total. The lowest BCUT2D eigenvalue weighted by Crippen LogP contribution is -2.18. The van der Waals surface area contributed by atoms with E-state index >= 15 is 0 Å². The summed E-state index contributed by atoms with van der Waals surface area (Å²) >= 11 is 6.32. The summed E-state index contributed by atoms with van der Waals surface area (Å²) in [5, 5.41) is 5.28. The molecule has 0 aliphatic rings. The maximum atomic E-state index is 12.2. The van der Waals surface area contributed by atoms with Crippen molar-refractivity contribution in [3.63, 3.8) is 0 Å². The number of hydrogen-bond donors (Lipinski definition) is 1. The molecular formula is C17H16ClN3O2S. The predicted octanol–water partition coefficient (Wildman–Crippen LogP) is 3.45. The first-order chi connectivity index (χ1) is 11.4. The standard InChI is InChI=1S/C17H16ClN3O2S/c1-12-7-9-13(10-8-12)24(22,23)20-19-11-15-14-5-3-4-6-16(14)21(2)17(15)18/h3-11,20H,1-2H3/b19-11+. The van der Waals surface area contributed by atoms with E-state index in [1.807, 2.05) is 42.8 Å². The van der Waals surface area contributed by atoms with Crippen LogP contribution in [0, 0.1) is 6.92 Å². The number of hydrogen-bond acceptors (Lipinski definition) is 3. The molecule has 0 aliphatic carbocycles. The molecule has 2 aromatic carbocycles. The maximum absolute atomic E-state index is 12.2. The summed E-state index contributed by atoms with van der Waals surface area (Å²) in [6, 6.07) is 14.2. The molecule has 124 valence electrons. The molecule has 0 amide bonds. The van der Waals surface area contributed by atoms with Gasteiger partial charge in [-0.25, -0.2) is 4.83 Å². The van der Waals surface area contributed by atoms with Gasteiger partial charge in [0.1, 0.15) is 5.15 Å². The third kappa shape index (κ3) is 3.02. The van der Waals surface area contributed by atoms with E-state index in [9.17, 15) is 8.42 Å². The highest BCUT2D eigenvalue weighted by atomic mass is 35.5. The van der Waals surface area contributed by atoms with Gasteiger partial charge in [0, 0.05) is 23.5 Å². The Morgan fingerprint density at radius 3 is 2.50 bits per heavy atom. The van der Waals surface area contributed by atoms with Crippen LogP contribution in [-0.2, 0) is 17.1 Å². The summed E-state index contributed by atoms with van der Waals surface area (Å²) < 4.78 is 26.3. The first-order valence-electron chi connectivity index (χ1n) is 7.24. The maximum Gasteiger partial charge on any atom is 0.276 e. The van der Waals surface area contributed by atoms with Crippen molar-refractivity contribution in [2.75, 3.05) is 0 Å². The quantitative estimate of drug-likeness (QED) is 0.571. The Hall–Kier alpha value is -2.31. The summed E-state index contributed by atoms with van der Waals surface area (Å²) in [4.78, 5) is 2.38. The summed E-state index contributed by atoms with van der Waals surface area (Å²) in [5.74, 6) is 0.